The van der Waals surface area contributed by atoms with Crippen LogP contribution in [0.1, 0.15) is 65.2 Å². The summed E-state index contributed by atoms with van der Waals surface area (Å²) in [5, 5.41) is 19.7. The van der Waals surface area contributed by atoms with E-state index in [0.717, 1.165) is 25.9 Å². The van der Waals surface area contributed by atoms with Gasteiger partial charge in [-0.15, -0.1) is 0 Å². The highest BCUT2D eigenvalue weighted by Crippen LogP contribution is 2.33. The highest BCUT2D eigenvalue weighted by Gasteiger charge is 2.36. The quantitative estimate of drug-likeness (QED) is 0.684. The number of hydrogen-bond acceptors (Lipinski definition) is 3. The summed E-state index contributed by atoms with van der Waals surface area (Å²) in [7, 11) is 0. The molecule has 0 radical (unpaired) electrons. The van der Waals surface area contributed by atoms with Crippen molar-refractivity contribution in [2.75, 3.05) is 19.6 Å². The molecule has 0 aromatic rings. The van der Waals surface area contributed by atoms with E-state index < -0.39 is 11.6 Å². The molecule has 1 aliphatic carbocycles. The Bertz CT molecular complexity index is 277. The minimum atomic E-state index is -0.708. The summed E-state index contributed by atoms with van der Waals surface area (Å²) in [4.78, 5) is 13.3. The van der Waals surface area contributed by atoms with Crippen LogP contribution in [0, 0.1) is 5.92 Å². The minimum Gasteiger partial charge on any atom is -0.481 e. The van der Waals surface area contributed by atoms with Gasteiger partial charge in [-0.2, -0.15) is 0 Å². The van der Waals surface area contributed by atoms with E-state index in [9.17, 15) is 9.90 Å². The smallest absolute Gasteiger partial charge is 0.306 e. The number of aliphatic hydroxyl groups is 1. The van der Waals surface area contributed by atoms with Crippen LogP contribution in [-0.4, -0.2) is 46.3 Å². The van der Waals surface area contributed by atoms with Crippen LogP contribution in [0.3, 0.4) is 0 Å². The molecule has 0 heterocycles. The lowest BCUT2D eigenvalue weighted by Crippen LogP contribution is -2.46. The number of rotatable bonds is 9. The van der Waals surface area contributed by atoms with Crippen LogP contribution in [0.4, 0.5) is 0 Å². The Balaban J connectivity index is 2.47. The molecule has 1 saturated carbocycles. The van der Waals surface area contributed by atoms with E-state index in [1.54, 1.807) is 0 Å². The molecule has 1 rings (SSSR count). The molecule has 0 spiro atoms. The Labute approximate surface area is 123 Å². The van der Waals surface area contributed by atoms with Crippen LogP contribution < -0.4 is 0 Å². The minimum absolute atomic E-state index is 0.255. The van der Waals surface area contributed by atoms with E-state index >= 15 is 0 Å². The van der Waals surface area contributed by atoms with E-state index in [4.69, 9.17) is 5.11 Å². The second-order valence-electron chi connectivity index (χ2n) is 6.32. The van der Waals surface area contributed by atoms with Crippen molar-refractivity contribution >= 4 is 5.97 Å². The molecule has 1 aliphatic rings. The second-order valence-corrected chi connectivity index (χ2v) is 6.32. The molecular formula is C16H31NO3. The van der Waals surface area contributed by atoms with E-state index in [1.807, 2.05) is 0 Å². The average Bonchev–Trinajstić information content (AvgIpc) is 2.42. The molecule has 0 aliphatic heterocycles. The van der Waals surface area contributed by atoms with Crippen molar-refractivity contribution in [1.29, 1.82) is 0 Å². The Morgan fingerprint density at radius 1 is 1.15 bits per heavy atom. The van der Waals surface area contributed by atoms with E-state index in [-0.39, 0.29) is 5.92 Å². The van der Waals surface area contributed by atoms with Crippen molar-refractivity contribution in [2.24, 2.45) is 5.92 Å². The molecular weight excluding hydrogens is 254 g/mol. The normalized spacial score (nSPS) is 26.9. The molecule has 1 fully saturated rings. The lowest BCUT2D eigenvalue weighted by molar-refractivity contribution is -0.145. The SMILES string of the molecule is CCCCN(CCCC)CC1(O)CCC(C(=O)O)CC1. The summed E-state index contributed by atoms with van der Waals surface area (Å²) in [5.74, 6) is -0.962. The van der Waals surface area contributed by atoms with Crippen molar-refractivity contribution < 1.29 is 15.0 Å². The zero-order valence-electron chi connectivity index (χ0n) is 13.1. The van der Waals surface area contributed by atoms with Gasteiger partial charge < -0.3 is 15.1 Å². The number of unbranched alkanes of at least 4 members (excludes halogenated alkanes) is 2. The summed E-state index contributed by atoms with van der Waals surface area (Å²) in [5.41, 5.74) is -0.673. The fraction of sp³-hybridized carbons (Fsp3) is 0.938. The Morgan fingerprint density at radius 3 is 2.05 bits per heavy atom. The third-order valence-corrected chi connectivity index (χ3v) is 4.44. The Morgan fingerprint density at radius 2 is 1.65 bits per heavy atom. The first-order valence-corrected chi connectivity index (χ1v) is 8.18. The molecule has 20 heavy (non-hydrogen) atoms. The number of nitrogens with zero attached hydrogens (tertiary/aromatic N) is 1. The average molecular weight is 285 g/mol. The number of aliphatic carboxylic acids is 1. The van der Waals surface area contributed by atoms with Gasteiger partial charge in [0.05, 0.1) is 11.5 Å². The molecule has 0 bridgehead atoms. The van der Waals surface area contributed by atoms with E-state index in [1.165, 1.54) is 12.8 Å². The molecule has 0 aromatic heterocycles. The molecule has 0 amide bonds. The number of carboxylic acids is 1. The van der Waals surface area contributed by atoms with Crippen molar-refractivity contribution in [3.05, 3.63) is 0 Å². The lowest BCUT2D eigenvalue weighted by atomic mass is 9.78. The van der Waals surface area contributed by atoms with Crippen LogP contribution in [0.15, 0.2) is 0 Å². The zero-order valence-corrected chi connectivity index (χ0v) is 13.1. The topological polar surface area (TPSA) is 60.8 Å². The third kappa shape index (κ3) is 5.80. The summed E-state index contributed by atoms with van der Waals surface area (Å²) in [6, 6.07) is 0. The van der Waals surface area contributed by atoms with Gasteiger partial charge in [-0.3, -0.25) is 4.79 Å². The highest BCUT2D eigenvalue weighted by molar-refractivity contribution is 5.70. The third-order valence-electron chi connectivity index (χ3n) is 4.44. The standard InChI is InChI=1S/C16H31NO3/c1-3-5-11-17(12-6-4-2)13-16(20)9-7-14(8-10-16)15(18)19/h14,20H,3-13H2,1-2H3,(H,18,19). The van der Waals surface area contributed by atoms with Gasteiger partial charge in [0, 0.05) is 6.54 Å². The van der Waals surface area contributed by atoms with Crippen LogP contribution in [-0.2, 0) is 4.79 Å². The van der Waals surface area contributed by atoms with Crippen LogP contribution in [0.5, 0.6) is 0 Å². The van der Waals surface area contributed by atoms with Crippen LogP contribution in [0.2, 0.25) is 0 Å². The maximum Gasteiger partial charge on any atom is 0.306 e. The molecule has 0 saturated heterocycles. The van der Waals surface area contributed by atoms with Gasteiger partial charge in [-0.05, 0) is 51.6 Å². The number of carbonyl (C=O) groups is 1. The second kappa shape index (κ2) is 8.63. The summed E-state index contributed by atoms with van der Waals surface area (Å²) < 4.78 is 0. The fourth-order valence-corrected chi connectivity index (χ4v) is 3.01. The number of hydrogen-bond donors (Lipinski definition) is 2. The van der Waals surface area contributed by atoms with Gasteiger partial charge in [0.2, 0.25) is 0 Å². The molecule has 0 atom stereocenters. The highest BCUT2D eigenvalue weighted by atomic mass is 16.4. The maximum absolute atomic E-state index is 11.0. The van der Waals surface area contributed by atoms with Crippen LogP contribution in [0.25, 0.3) is 0 Å². The first-order chi connectivity index (χ1) is 9.50. The first kappa shape index (κ1) is 17.4. The molecule has 118 valence electrons. The monoisotopic (exact) mass is 285 g/mol. The Hall–Kier alpha value is -0.610. The van der Waals surface area contributed by atoms with Crippen molar-refractivity contribution in [2.45, 2.75) is 70.8 Å². The van der Waals surface area contributed by atoms with Gasteiger partial charge in [0.1, 0.15) is 0 Å². The first-order valence-electron chi connectivity index (χ1n) is 8.18. The van der Waals surface area contributed by atoms with Crippen molar-refractivity contribution in [1.82, 2.24) is 4.90 Å². The van der Waals surface area contributed by atoms with E-state index in [0.29, 0.717) is 32.2 Å². The van der Waals surface area contributed by atoms with Gasteiger partial charge in [0.25, 0.3) is 0 Å². The Kier molecular flexibility index (Phi) is 7.52. The van der Waals surface area contributed by atoms with Crippen molar-refractivity contribution in [3.8, 4) is 0 Å². The van der Waals surface area contributed by atoms with Gasteiger partial charge in [0.15, 0.2) is 0 Å². The summed E-state index contributed by atoms with van der Waals surface area (Å²) in [6.07, 6.45) is 7.14. The molecule has 4 nitrogen and oxygen atoms in total. The van der Waals surface area contributed by atoms with Gasteiger partial charge in [-0.25, -0.2) is 0 Å². The largest absolute Gasteiger partial charge is 0.481 e. The summed E-state index contributed by atoms with van der Waals surface area (Å²) >= 11 is 0. The predicted octanol–water partition coefficient (Wildman–Crippen LogP) is 2.89. The number of carboxylic acid groups (broad SMARTS) is 1. The molecule has 4 heteroatoms. The zero-order chi connectivity index (χ0) is 15.0. The molecule has 0 aromatic carbocycles. The van der Waals surface area contributed by atoms with Crippen LogP contribution >= 0.6 is 0 Å². The lowest BCUT2D eigenvalue weighted by Gasteiger charge is -2.38. The predicted molar refractivity (Wildman–Crippen MR) is 80.8 cm³/mol. The summed E-state index contributed by atoms with van der Waals surface area (Å²) in [6.45, 7) is 7.16. The van der Waals surface area contributed by atoms with Gasteiger partial charge in [-0.1, -0.05) is 26.7 Å². The maximum atomic E-state index is 11.0. The fourth-order valence-electron chi connectivity index (χ4n) is 3.01. The molecule has 0 unspecified atom stereocenters. The van der Waals surface area contributed by atoms with Gasteiger partial charge >= 0.3 is 5.97 Å². The molecule has 2 N–H and O–H groups in total. The van der Waals surface area contributed by atoms with E-state index in [2.05, 4.69) is 18.7 Å². The van der Waals surface area contributed by atoms with Crippen molar-refractivity contribution in [3.63, 3.8) is 0 Å².